The molecule has 3 aliphatic rings. The topological polar surface area (TPSA) is 83.1 Å². The number of ether oxygens (including phenoxy) is 1. The highest BCUT2D eigenvalue weighted by Gasteiger charge is 2.38. The smallest absolute Gasteiger partial charge is 0.273 e. The van der Waals surface area contributed by atoms with Crippen molar-refractivity contribution in [3.05, 3.63) is 47.0 Å². The number of hydrogen-bond acceptors (Lipinski definition) is 7. The van der Waals surface area contributed by atoms with Crippen LogP contribution >= 0.6 is 11.3 Å². The van der Waals surface area contributed by atoms with E-state index >= 15 is 0 Å². The van der Waals surface area contributed by atoms with Gasteiger partial charge in [0.05, 0.1) is 11.1 Å². The molecule has 0 unspecified atom stereocenters. The zero-order valence-electron chi connectivity index (χ0n) is 17.8. The van der Waals surface area contributed by atoms with Gasteiger partial charge in [-0.2, -0.15) is 0 Å². The van der Waals surface area contributed by atoms with Crippen molar-refractivity contribution in [3.63, 3.8) is 0 Å². The molecule has 0 saturated carbocycles. The minimum absolute atomic E-state index is 0.159. The Hall–Kier alpha value is -2.78. The average Bonchev–Trinajstić information content (AvgIpc) is 3.42. The number of carbonyl (C=O) groups excluding carboxylic acids is 3. The van der Waals surface area contributed by atoms with Crippen molar-refractivity contribution in [1.29, 1.82) is 0 Å². The number of aromatic nitrogens is 1. The summed E-state index contributed by atoms with van der Waals surface area (Å²) in [5, 5.41) is 2.67. The lowest BCUT2D eigenvalue weighted by Crippen LogP contribution is -2.51. The zero-order valence-corrected chi connectivity index (χ0v) is 18.6. The van der Waals surface area contributed by atoms with Crippen LogP contribution in [0.15, 0.2) is 35.8 Å². The first-order chi connectivity index (χ1) is 15.6. The van der Waals surface area contributed by atoms with Crippen LogP contribution in [0.2, 0.25) is 0 Å². The Morgan fingerprint density at radius 2 is 1.66 bits per heavy atom. The number of carbonyl (C=O) groups is 3. The number of fused-ring (bicyclic) bond motifs is 1. The molecule has 0 bridgehead atoms. The minimum Gasteiger partial charge on any atom is -0.467 e. The number of piperidine rings is 2. The normalized spacial score (nSPS) is 20.6. The van der Waals surface area contributed by atoms with Gasteiger partial charge < -0.3 is 9.64 Å². The maximum absolute atomic E-state index is 12.8. The molecule has 0 N–H and O–H groups in total. The lowest BCUT2D eigenvalue weighted by molar-refractivity contribution is -0.133. The van der Waals surface area contributed by atoms with Crippen LogP contribution in [0.4, 0.5) is 0 Å². The SMILES string of the molecule is O=C(CN1C(=O)c2ccccc2C1=O)N1CCC(N2CCC(Oc3nccs3)CC2)CC1. The summed E-state index contributed by atoms with van der Waals surface area (Å²) in [4.78, 5) is 47.4. The fraction of sp³-hybridized carbons (Fsp3) is 0.478. The highest BCUT2D eigenvalue weighted by Crippen LogP contribution is 2.26. The molecule has 168 valence electrons. The van der Waals surface area contributed by atoms with Crippen LogP contribution in [0.3, 0.4) is 0 Å². The zero-order chi connectivity index (χ0) is 22.1. The molecule has 1 aromatic carbocycles. The van der Waals surface area contributed by atoms with Crippen LogP contribution in [-0.4, -0.2) is 82.3 Å². The average molecular weight is 455 g/mol. The molecule has 1 aromatic heterocycles. The number of likely N-dealkylation sites (tertiary alicyclic amines) is 2. The van der Waals surface area contributed by atoms with E-state index in [0.717, 1.165) is 48.9 Å². The second kappa shape index (κ2) is 8.99. The van der Waals surface area contributed by atoms with Gasteiger partial charge in [0.2, 0.25) is 5.91 Å². The Labute approximate surface area is 190 Å². The monoisotopic (exact) mass is 454 g/mol. The summed E-state index contributed by atoms with van der Waals surface area (Å²) in [6, 6.07) is 7.19. The van der Waals surface area contributed by atoms with Crippen LogP contribution in [0.5, 0.6) is 5.19 Å². The molecule has 0 aliphatic carbocycles. The van der Waals surface area contributed by atoms with Gasteiger partial charge in [-0.15, -0.1) is 0 Å². The van der Waals surface area contributed by atoms with Crippen LogP contribution in [0.1, 0.15) is 46.4 Å². The number of nitrogens with zero attached hydrogens (tertiary/aromatic N) is 4. The number of rotatable bonds is 5. The third-order valence-corrected chi connectivity index (χ3v) is 7.32. The van der Waals surface area contributed by atoms with Crippen molar-refractivity contribution in [1.82, 2.24) is 19.7 Å². The lowest BCUT2D eigenvalue weighted by atomic mass is 9.99. The summed E-state index contributed by atoms with van der Waals surface area (Å²) in [6.07, 6.45) is 5.77. The van der Waals surface area contributed by atoms with Gasteiger partial charge in [-0.1, -0.05) is 23.5 Å². The molecular formula is C23H26N4O4S. The van der Waals surface area contributed by atoms with Gasteiger partial charge in [0.25, 0.3) is 17.0 Å². The fourth-order valence-corrected chi connectivity index (χ4v) is 5.42. The van der Waals surface area contributed by atoms with Crippen molar-refractivity contribution in [3.8, 4) is 5.19 Å². The molecule has 4 heterocycles. The molecule has 2 aromatic rings. The van der Waals surface area contributed by atoms with Gasteiger partial charge in [-0.05, 0) is 37.8 Å². The van der Waals surface area contributed by atoms with E-state index in [2.05, 4.69) is 9.88 Å². The van der Waals surface area contributed by atoms with Gasteiger partial charge in [0.1, 0.15) is 12.6 Å². The highest BCUT2D eigenvalue weighted by molar-refractivity contribution is 7.11. The number of imide groups is 1. The van der Waals surface area contributed by atoms with Crippen LogP contribution in [0, 0.1) is 0 Å². The van der Waals surface area contributed by atoms with Gasteiger partial charge in [-0.25, -0.2) is 4.98 Å². The van der Waals surface area contributed by atoms with E-state index in [-0.39, 0.29) is 30.4 Å². The molecule has 8 nitrogen and oxygen atoms in total. The maximum Gasteiger partial charge on any atom is 0.273 e. The molecule has 3 aliphatic heterocycles. The second-order valence-electron chi connectivity index (χ2n) is 8.51. The Balaban J connectivity index is 1.09. The molecule has 0 atom stereocenters. The number of hydrogen-bond donors (Lipinski definition) is 0. The van der Waals surface area contributed by atoms with Crippen molar-refractivity contribution >= 4 is 29.1 Å². The second-order valence-corrected chi connectivity index (χ2v) is 9.36. The molecule has 0 radical (unpaired) electrons. The van der Waals surface area contributed by atoms with E-state index in [0.29, 0.717) is 30.3 Å². The van der Waals surface area contributed by atoms with E-state index in [1.807, 2.05) is 5.38 Å². The standard InChI is InChI=1S/C23H26N4O4S/c28-20(15-27-21(29)18-3-1-2-4-19(18)22(27)30)26-10-5-16(6-11-26)25-12-7-17(8-13-25)31-23-24-9-14-32-23/h1-4,9,14,16-17H,5-8,10-13,15H2. The van der Waals surface area contributed by atoms with E-state index in [1.165, 1.54) is 11.3 Å². The first-order valence-electron chi connectivity index (χ1n) is 11.1. The summed E-state index contributed by atoms with van der Waals surface area (Å²) in [7, 11) is 0. The quantitative estimate of drug-likeness (QED) is 0.645. The van der Waals surface area contributed by atoms with Crippen LogP contribution < -0.4 is 4.74 Å². The number of amides is 3. The molecule has 9 heteroatoms. The Morgan fingerprint density at radius 1 is 1.00 bits per heavy atom. The van der Waals surface area contributed by atoms with Gasteiger partial charge in [0.15, 0.2) is 0 Å². The Bertz CT molecular complexity index is 960. The van der Waals surface area contributed by atoms with Gasteiger partial charge in [-0.3, -0.25) is 24.2 Å². The fourth-order valence-electron chi connectivity index (χ4n) is 4.87. The van der Waals surface area contributed by atoms with E-state index in [1.54, 1.807) is 35.4 Å². The van der Waals surface area contributed by atoms with Crippen LogP contribution in [-0.2, 0) is 4.79 Å². The summed E-state index contributed by atoms with van der Waals surface area (Å²) >= 11 is 1.53. The molecule has 3 amide bonds. The third-order valence-electron chi connectivity index (χ3n) is 6.66. The number of benzene rings is 1. The lowest BCUT2D eigenvalue weighted by Gasteiger charge is -2.41. The maximum atomic E-state index is 12.8. The van der Waals surface area contributed by atoms with Crippen molar-refractivity contribution < 1.29 is 19.1 Å². The largest absolute Gasteiger partial charge is 0.467 e. The van der Waals surface area contributed by atoms with Crippen LogP contribution in [0.25, 0.3) is 0 Å². The highest BCUT2D eigenvalue weighted by atomic mass is 32.1. The molecule has 2 saturated heterocycles. The van der Waals surface area contributed by atoms with Gasteiger partial charge >= 0.3 is 0 Å². The van der Waals surface area contributed by atoms with E-state index in [4.69, 9.17) is 4.74 Å². The summed E-state index contributed by atoms with van der Waals surface area (Å²) in [6.45, 7) is 3.11. The summed E-state index contributed by atoms with van der Waals surface area (Å²) < 4.78 is 5.95. The Kier molecular flexibility index (Phi) is 5.93. The van der Waals surface area contributed by atoms with Gasteiger partial charge in [0, 0.05) is 43.8 Å². The Morgan fingerprint density at radius 3 is 2.25 bits per heavy atom. The summed E-state index contributed by atoms with van der Waals surface area (Å²) in [5.74, 6) is -0.915. The molecule has 5 rings (SSSR count). The van der Waals surface area contributed by atoms with Crippen molar-refractivity contribution in [2.24, 2.45) is 0 Å². The molecule has 32 heavy (non-hydrogen) atoms. The van der Waals surface area contributed by atoms with E-state index < -0.39 is 0 Å². The first-order valence-corrected chi connectivity index (χ1v) is 12.0. The number of thiazole rings is 1. The van der Waals surface area contributed by atoms with E-state index in [9.17, 15) is 14.4 Å². The molecule has 2 fully saturated rings. The molecular weight excluding hydrogens is 428 g/mol. The van der Waals surface area contributed by atoms with Crippen molar-refractivity contribution in [2.75, 3.05) is 32.7 Å². The third kappa shape index (κ3) is 4.14. The predicted molar refractivity (Wildman–Crippen MR) is 119 cm³/mol. The first kappa shape index (κ1) is 21.1. The summed E-state index contributed by atoms with van der Waals surface area (Å²) in [5.41, 5.74) is 0.762. The minimum atomic E-state index is -0.378. The van der Waals surface area contributed by atoms with Crippen molar-refractivity contribution in [2.45, 2.75) is 37.8 Å². The predicted octanol–water partition coefficient (Wildman–Crippen LogP) is 2.27. The molecule has 0 spiro atoms.